The first-order valence-electron chi connectivity index (χ1n) is 11.7. The number of carbonyl (C=O) groups is 2. The van der Waals surface area contributed by atoms with Crippen molar-refractivity contribution < 1.29 is 9.59 Å². The monoisotopic (exact) mass is 436 g/mol. The second kappa shape index (κ2) is 8.66. The summed E-state index contributed by atoms with van der Waals surface area (Å²) in [6, 6.07) is 9.68. The molecule has 0 aromatic heterocycles. The second-order valence-electron chi connectivity index (χ2n) is 9.22. The van der Waals surface area contributed by atoms with Gasteiger partial charge in [-0.15, -0.1) is 0 Å². The predicted octanol–water partition coefficient (Wildman–Crippen LogP) is 6.60. The van der Waals surface area contributed by atoms with Gasteiger partial charge in [-0.25, -0.2) is 0 Å². The fourth-order valence-electron chi connectivity index (χ4n) is 5.42. The molecule has 31 heavy (non-hydrogen) atoms. The molecular weight excluding hydrogens is 408 g/mol. The molecule has 5 rings (SSSR count). The van der Waals surface area contributed by atoms with Crippen molar-refractivity contribution in [1.29, 1.82) is 0 Å². The highest BCUT2D eigenvalue weighted by Crippen LogP contribution is 2.39. The number of fused-ring (bicyclic) bond motifs is 2. The molecule has 0 saturated heterocycles. The highest BCUT2D eigenvalue weighted by atomic mass is 35.5. The molecular formula is C26H29ClN2O2. The summed E-state index contributed by atoms with van der Waals surface area (Å²) in [7, 11) is 0. The minimum Gasteiger partial charge on any atom is -0.382 e. The van der Waals surface area contributed by atoms with E-state index in [0.717, 1.165) is 37.1 Å². The van der Waals surface area contributed by atoms with Gasteiger partial charge in [-0.2, -0.15) is 0 Å². The van der Waals surface area contributed by atoms with Gasteiger partial charge < -0.3 is 10.6 Å². The van der Waals surface area contributed by atoms with E-state index in [0.29, 0.717) is 39.4 Å². The summed E-state index contributed by atoms with van der Waals surface area (Å²) in [5.41, 5.74) is 3.45. The van der Waals surface area contributed by atoms with Crippen molar-refractivity contribution in [1.82, 2.24) is 0 Å². The van der Waals surface area contributed by atoms with Crippen molar-refractivity contribution in [2.45, 2.75) is 76.3 Å². The van der Waals surface area contributed by atoms with Gasteiger partial charge in [0.1, 0.15) is 0 Å². The molecule has 0 bridgehead atoms. The molecule has 0 spiro atoms. The Morgan fingerprint density at radius 2 is 1.13 bits per heavy atom. The van der Waals surface area contributed by atoms with E-state index < -0.39 is 0 Å². The fraction of sp³-hybridized carbons (Fsp3) is 0.462. The van der Waals surface area contributed by atoms with Crippen LogP contribution in [0.1, 0.15) is 96.1 Å². The quantitative estimate of drug-likeness (QED) is 0.483. The van der Waals surface area contributed by atoms with Gasteiger partial charge in [-0.05, 0) is 56.0 Å². The Labute approximate surface area is 188 Å². The van der Waals surface area contributed by atoms with Crippen LogP contribution in [0.4, 0.5) is 11.4 Å². The first kappa shape index (κ1) is 20.6. The van der Waals surface area contributed by atoms with Gasteiger partial charge in [0.25, 0.3) is 0 Å². The van der Waals surface area contributed by atoms with Crippen molar-refractivity contribution in [3.8, 4) is 0 Å². The van der Waals surface area contributed by atoms with E-state index in [4.69, 9.17) is 11.6 Å². The number of carbonyl (C=O) groups excluding carboxylic acids is 2. The summed E-state index contributed by atoms with van der Waals surface area (Å²) in [6.45, 7) is 0. The lowest BCUT2D eigenvalue weighted by atomic mass is 9.81. The number of rotatable bonds is 4. The maximum absolute atomic E-state index is 13.6. The number of nitrogens with one attached hydrogen (secondary N) is 2. The normalized spacial score (nSPS) is 19.6. The van der Waals surface area contributed by atoms with Crippen LogP contribution in [-0.2, 0) is 0 Å². The zero-order chi connectivity index (χ0) is 21.4. The van der Waals surface area contributed by atoms with Crippen LogP contribution in [0.2, 0.25) is 5.02 Å². The topological polar surface area (TPSA) is 58.2 Å². The molecule has 2 aromatic rings. The Balaban J connectivity index is 1.58. The molecule has 0 amide bonds. The van der Waals surface area contributed by atoms with E-state index in [-0.39, 0.29) is 11.6 Å². The summed E-state index contributed by atoms with van der Waals surface area (Å²) in [5, 5.41) is 7.68. The Morgan fingerprint density at radius 1 is 0.645 bits per heavy atom. The average Bonchev–Trinajstić information content (AvgIpc) is 2.79. The second-order valence-corrected chi connectivity index (χ2v) is 9.65. The van der Waals surface area contributed by atoms with Crippen LogP contribution in [0.3, 0.4) is 0 Å². The van der Waals surface area contributed by atoms with Crippen LogP contribution in [0.15, 0.2) is 30.3 Å². The maximum atomic E-state index is 13.6. The molecule has 3 aliphatic rings. The van der Waals surface area contributed by atoms with Crippen LogP contribution in [-0.4, -0.2) is 23.7 Å². The Kier molecular flexibility index (Phi) is 5.75. The van der Waals surface area contributed by atoms with E-state index in [1.807, 2.05) is 12.1 Å². The molecule has 2 saturated carbocycles. The van der Waals surface area contributed by atoms with Crippen LogP contribution in [0, 0.1) is 0 Å². The molecule has 2 N–H and O–H groups in total. The van der Waals surface area contributed by atoms with Crippen molar-refractivity contribution in [2.75, 3.05) is 10.6 Å². The van der Waals surface area contributed by atoms with Crippen LogP contribution in [0.25, 0.3) is 0 Å². The first-order chi connectivity index (χ1) is 15.1. The smallest absolute Gasteiger partial charge is 0.196 e. The van der Waals surface area contributed by atoms with Gasteiger partial charge in [-0.1, -0.05) is 50.1 Å². The van der Waals surface area contributed by atoms with Crippen molar-refractivity contribution in [3.05, 3.63) is 57.6 Å². The van der Waals surface area contributed by atoms with Gasteiger partial charge in [0.2, 0.25) is 0 Å². The zero-order valence-corrected chi connectivity index (χ0v) is 18.6. The number of benzene rings is 2. The lowest BCUT2D eigenvalue weighted by Gasteiger charge is -2.30. The molecule has 0 aliphatic heterocycles. The molecule has 162 valence electrons. The molecule has 5 heteroatoms. The number of anilines is 2. The standard InChI is InChI=1S/C26H29ClN2O2/c27-16-11-12-19-20(15-16)26(31)24-22(29-18-9-5-2-6-10-18)14-13-21(23(24)25(19)30)28-17-7-3-1-4-8-17/h11-15,17-18,28-29H,1-10H2. The molecule has 0 heterocycles. The van der Waals surface area contributed by atoms with Crippen LogP contribution >= 0.6 is 11.6 Å². The third-order valence-electron chi connectivity index (χ3n) is 7.06. The van der Waals surface area contributed by atoms with Gasteiger partial charge in [0, 0.05) is 39.6 Å². The summed E-state index contributed by atoms with van der Waals surface area (Å²) >= 11 is 6.18. The molecule has 0 atom stereocenters. The van der Waals surface area contributed by atoms with Crippen LogP contribution < -0.4 is 10.6 Å². The highest BCUT2D eigenvalue weighted by Gasteiger charge is 2.35. The zero-order valence-electron chi connectivity index (χ0n) is 17.8. The highest BCUT2D eigenvalue weighted by molar-refractivity contribution is 6.35. The first-order valence-corrected chi connectivity index (χ1v) is 12.1. The number of halogens is 1. The van der Waals surface area contributed by atoms with Gasteiger partial charge in [0.05, 0.1) is 11.1 Å². The van der Waals surface area contributed by atoms with Crippen molar-refractivity contribution in [2.24, 2.45) is 0 Å². The third kappa shape index (κ3) is 3.98. The van der Waals surface area contributed by atoms with Gasteiger partial charge in [-0.3, -0.25) is 9.59 Å². The summed E-state index contributed by atoms with van der Waals surface area (Å²) < 4.78 is 0. The van der Waals surface area contributed by atoms with Crippen LogP contribution in [0.5, 0.6) is 0 Å². The Morgan fingerprint density at radius 3 is 1.65 bits per heavy atom. The lowest BCUT2D eigenvalue weighted by Crippen LogP contribution is -2.29. The maximum Gasteiger partial charge on any atom is 0.196 e. The molecule has 2 fully saturated rings. The van der Waals surface area contributed by atoms with Gasteiger partial charge >= 0.3 is 0 Å². The van der Waals surface area contributed by atoms with E-state index in [1.165, 1.54) is 38.5 Å². The average molecular weight is 437 g/mol. The number of hydrogen-bond acceptors (Lipinski definition) is 4. The summed E-state index contributed by atoms with van der Waals surface area (Å²) in [6.07, 6.45) is 11.7. The van der Waals surface area contributed by atoms with E-state index >= 15 is 0 Å². The minimum atomic E-state index is -0.113. The Hall–Kier alpha value is -2.33. The van der Waals surface area contributed by atoms with E-state index in [9.17, 15) is 9.59 Å². The summed E-state index contributed by atoms with van der Waals surface area (Å²) in [5.74, 6) is -0.204. The van der Waals surface area contributed by atoms with Gasteiger partial charge in [0.15, 0.2) is 11.6 Å². The predicted molar refractivity (Wildman–Crippen MR) is 126 cm³/mol. The number of ketones is 2. The Bertz CT molecular complexity index is 1020. The minimum absolute atomic E-state index is 0.0909. The molecule has 0 radical (unpaired) electrons. The molecule has 3 aliphatic carbocycles. The largest absolute Gasteiger partial charge is 0.382 e. The van der Waals surface area contributed by atoms with Crippen molar-refractivity contribution in [3.63, 3.8) is 0 Å². The molecule has 2 aromatic carbocycles. The van der Waals surface area contributed by atoms with E-state index in [2.05, 4.69) is 10.6 Å². The molecule has 0 unspecified atom stereocenters. The summed E-state index contributed by atoms with van der Waals surface area (Å²) in [4.78, 5) is 27.2. The van der Waals surface area contributed by atoms with E-state index in [1.54, 1.807) is 18.2 Å². The number of hydrogen-bond donors (Lipinski definition) is 2. The van der Waals surface area contributed by atoms with Crippen molar-refractivity contribution >= 4 is 34.5 Å². The third-order valence-corrected chi connectivity index (χ3v) is 7.30. The fourth-order valence-corrected chi connectivity index (χ4v) is 5.59. The lowest BCUT2D eigenvalue weighted by molar-refractivity contribution is 0.0980. The molecule has 4 nitrogen and oxygen atoms in total. The SMILES string of the molecule is O=C1c2ccc(Cl)cc2C(=O)c2c(NC3CCCCC3)ccc(NC3CCCCC3)c21.